The molecule has 0 saturated heterocycles. The summed E-state index contributed by atoms with van der Waals surface area (Å²) in [5, 5.41) is 0. The van der Waals surface area contributed by atoms with Crippen LogP contribution in [0, 0.1) is 0 Å². The normalized spacial score (nSPS) is 12.0. The Morgan fingerprint density at radius 2 is 1.78 bits per heavy atom. The molecule has 0 aliphatic rings. The number of rotatable bonds is 4. The summed E-state index contributed by atoms with van der Waals surface area (Å²) in [4.78, 5) is 0. The second kappa shape index (κ2) is 4.51. The molecule has 0 unspecified atom stereocenters. The van der Waals surface area contributed by atoms with Crippen molar-refractivity contribution in [2.45, 2.75) is 37.9 Å². The molecule has 0 bridgehead atoms. The first-order valence-corrected chi connectivity index (χ1v) is 4.47. The fourth-order valence-corrected chi connectivity index (χ4v) is 1.05. The summed E-state index contributed by atoms with van der Waals surface area (Å²) < 4.78 is 0.211. The third kappa shape index (κ3) is 8.70. The van der Waals surface area contributed by atoms with Crippen LogP contribution < -0.4 is 0 Å². The van der Waals surface area contributed by atoms with Crippen LogP contribution in [0.4, 0.5) is 0 Å². The Morgan fingerprint density at radius 3 is 2.11 bits per heavy atom. The molecule has 0 amide bonds. The fraction of sp³-hybridized carbons (Fsp3) is 1.00. The maximum absolute atomic E-state index is 4.40. The van der Waals surface area contributed by atoms with Gasteiger partial charge in [0.05, 0.1) is 0 Å². The second-order valence-electron chi connectivity index (χ2n) is 2.99. The van der Waals surface area contributed by atoms with Gasteiger partial charge in [-0.25, -0.2) is 0 Å². The van der Waals surface area contributed by atoms with E-state index in [1.54, 1.807) is 0 Å². The summed E-state index contributed by atoms with van der Waals surface area (Å²) in [6.07, 6.45) is 3.66. The van der Waals surface area contributed by atoms with Crippen molar-refractivity contribution in [3.05, 3.63) is 0 Å². The van der Waals surface area contributed by atoms with E-state index in [4.69, 9.17) is 0 Å². The summed E-state index contributed by atoms with van der Waals surface area (Å²) in [6, 6.07) is 0. The van der Waals surface area contributed by atoms with Crippen molar-refractivity contribution < 1.29 is 0 Å². The minimum absolute atomic E-state index is 0.211. The van der Waals surface area contributed by atoms with Crippen LogP contribution in [0.3, 0.4) is 0 Å². The topological polar surface area (TPSA) is 0 Å². The van der Waals surface area contributed by atoms with E-state index in [1.807, 2.05) is 0 Å². The Morgan fingerprint density at radius 1 is 1.22 bits per heavy atom. The average molecular weight is 164 g/mol. The van der Waals surface area contributed by atoms with Crippen LogP contribution in [0.5, 0.6) is 0 Å². The Balaban J connectivity index is 3.07. The van der Waals surface area contributed by atoms with Gasteiger partial charge in [0.15, 0.2) is 0 Å². The first-order valence-electron chi connectivity index (χ1n) is 3.39. The summed E-state index contributed by atoms with van der Waals surface area (Å²) in [5.74, 6) is 1.00. The van der Waals surface area contributed by atoms with Gasteiger partial charge in [-0.1, -0.05) is 20.3 Å². The highest BCUT2D eigenvalue weighted by Gasteiger charge is 2.09. The second-order valence-corrected chi connectivity index (χ2v) is 4.65. The van der Waals surface area contributed by atoms with E-state index in [2.05, 4.69) is 39.1 Å². The van der Waals surface area contributed by atoms with Gasteiger partial charge in [0.25, 0.3) is 0 Å². The van der Waals surface area contributed by atoms with E-state index >= 15 is 0 Å². The third-order valence-electron chi connectivity index (χ3n) is 1.20. The molecule has 2 heteroatoms. The van der Waals surface area contributed by atoms with E-state index < -0.39 is 0 Å². The SMILES string of the molecule is CC(C)(S)CCCCS. The number of unbranched alkanes of at least 4 members (excludes halogenated alkanes) is 1. The van der Waals surface area contributed by atoms with Crippen LogP contribution in [-0.2, 0) is 0 Å². The van der Waals surface area contributed by atoms with E-state index in [0.717, 1.165) is 5.75 Å². The highest BCUT2D eigenvalue weighted by Crippen LogP contribution is 2.19. The Bertz CT molecular complexity index is 63.8. The van der Waals surface area contributed by atoms with Gasteiger partial charge in [-0.05, 0) is 18.6 Å². The smallest absolute Gasteiger partial charge is 0.00731 e. The van der Waals surface area contributed by atoms with Crippen LogP contribution in [0.15, 0.2) is 0 Å². The van der Waals surface area contributed by atoms with Crippen LogP contribution in [0.2, 0.25) is 0 Å². The molecular formula is C7H16S2. The number of hydrogen-bond acceptors (Lipinski definition) is 2. The maximum Gasteiger partial charge on any atom is 0.00731 e. The molecule has 0 aromatic carbocycles. The fourth-order valence-electron chi connectivity index (χ4n) is 0.669. The molecule has 0 heterocycles. The lowest BCUT2D eigenvalue weighted by atomic mass is 10.1. The molecule has 0 aliphatic heterocycles. The molecule has 0 N–H and O–H groups in total. The van der Waals surface area contributed by atoms with E-state index in [0.29, 0.717) is 0 Å². The zero-order valence-electron chi connectivity index (χ0n) is 6.22. The molecular weight excluding hydrogens is 148 g/mol. The molecule has 0 nitrogen and oxygen atoms in total. The molecule has 0 aromatic heterocycles. The van der Waals surface area contributed by atoms with Gasteiger partial charge in [0.1, 0.15) is 0 Å². The van der Waals surface area contributed by atoms with Gasteiger partial charge in [0, 0.05) is 4.75 Å². The largest absolute Gasteiger partial charge is 0.179 e. The molecule has 0 rings (SSSR count). The van der Waals surface area contributed by atoms with Gasteiger partial charge < -0.3 is 0 Å². The Kier molecular flexibility index (Phi) is 4.86. The van der Waals surface area contributed by atoms with Gasteiger partial charge in [-0.3, -0.25) is 0 Å². The monoisotopic (exact) mass is 164 g/mol. The van der Waals surface area contributed by atoms with E-state index in [9.17, 15) is 0 Å². The molecule has 56 valence electrons. The van der Waals surface area contributed by atoms with Crippen molar-refractivity contribution in [1.29, 1.82) is 0 Å². The summed E-state index contributed by atoms with van der Waals surface area (Å²) in [5.41, 5.74) is 0. The first-order chi connectivity index (χ1) is 4.06. The third-order valence-corrected chi connectivity index (χ3v) is 1.74. The van der Waals surface area contributed by atoms with Gasteiger partial charge in [0.2, 0.25) is 0 Å². The van der Waals surface area contributed by atoms with Crippen molar-refractivity contribution in [1.82, 2.24) is 0 Å². The average Bonchev–Trinajstić information content (AvgIpc) is 1.63. The lowest BCUT2D eigenvalue weighted by molar-refractivity contribution is 0.600. The molecule has 0 fully saturated rings. The summed E-state index contributed by atoms with van der Waals surface area (Å²) >= 11 is 8.53. The number of thiol groups is 2. The molecule has 9 heavy (non-hydrogen) atoms. The van der Waals surface area contributed by atoms with E-state index in [1.165, 1.54) is 19.3 Å². The van der Waals surface area contributed by atoms with Crippen molar-refractivity contribution in [2.24, 2.45) is 0 Å². The predicted molar refractivity (Wildman–Crippen MR) is 50.8 cm³/mol. The highest BCUT2D eigenvalue weighted by atomic mass is 32.1. The van der Waals surface area contributed by atoms with Crippen molar-refractivity contribution >= 4 is 25.3 Å². The zero-order valence-corrected chi connectivity index (χ0v) is 8.01. The first kappa shape index (κ1) is 9.70. The Hall–Kier alpha value is 0.700. The molecule has 0 aromatic rings. The van der Waals surface area contributed by atoms with Gasteiger partial charge >= 0.3 is 0 Å². The van der Waals surface area contributed by atoms with Crippen LogP contribution in [0.25, 0.3) is 0 Å². The van der Waals surface area contributed by atoms with Gasteiger partial charge in [-0.15, -0.1) is 0 Å². The lowest BCUT2D eigenvalue weighted by Gasteiger charge is -2.15. The van der Waals surface area contributed by atoms with Crippen molar-refractivity contribution in [2.75, 3.05) is 5.75 Å². The van der Waals surface area contributed by atoms with Crippen LogP contribution in [-0.4, -0.2) is 10.5 Å². The number of hydrogen-bond donors (Lipinski definition) is 2. The molecule has 0 aliphatic carbocycles. The molecule has 0 radical (unpaired) electrons. The minimum Gasteiger partial charge on any atom is -0.179 e. The molecule has 0 saturated carbocycles. The summed E-state index contributed by atoms with van der Waals surface area (Å²) in [6.45, 7) is 4.29. The quantitative estimate of drug-likeness (QED) is 0.463. The van der Waals surface area contributed by atoms with Crippen LogP contribution >= 0.6 is 25.3 Å². The standard InChI is InChI=1S/C7H16S2/c1-7(2,9)5-3-4-6-8/h8-9H,3-6H2,1-2H3. The lowest BCUT2D eigenvalue weighted by Crippen LogP contribution is -2.09. The maximum atomic E-state index is 4.40. The van der Waals surface area contributed by atoms with E-state index in [-0.39, 0.29) is 4.75 Å². The molecule has 0 atom stereocenters. The van der Waals surface area contributed by atoms with Gasteiger partial charge in [-0.2, -0.15) is 25.3 Å². The minimum atomic E-state index is 0.211. The Labute approximate surface area is 69.2 Å². The summed E-state index contributed by atoms with van der Waals surface area (Å²) in [7, 11) is 0. The zero-order chi connectivity index (χ0) is 7.33. The highest BCUT2D eigenvalue weighted by molar-refractivity contribution is 7.81. The van der Waals surface area contributed by atoms with Crippen LogP contribution in [0.1, 0.15) is 33.1 Å². The van der Waals surface area contributed by atoms with Crippen molar-refractivity contribution in [3.8, 4) is 0 Å². The predicted octanol–water partition coefficient (Wildman–Crippen LogP) is 2.79. The molecule has 0 spiro atoms. The van der Waals surface area contributed by atoms with Crippen molar-refractivity contribution in [3.63, 3.8) is 0 Å².